The van der Waals surface area contributed by atoms with Gasteiger partial charge in [0.05, 0.1) is 16.7 Å². The summed E-state index contributed by atoms with van der Waals surface area (Å²) in [6.07, 6.45) is 0. The minimum atomic E-state index is -1.19. The minimum Gasteiger partial charge on any atom is -0.504 e. The van der Waals surface area contributed by atoms with Crippen LogP contribution in [0.25, 0.3) is 0 Å². The predicted octanol–water partition coefficient (Wildman–Crippen LogP) is 2.92. The van der Waals surface area contributed by atoms with Crippen LogP contribution in [0.3, 0.4) is 0 Å². The zero-order valence-electron chi connectivity index (χ0n) is 15.7. The molecule has 2 aromatic carbocycles. The molecule has 0 bridgehead atoms. The highest BCUT2D eigenvalue weighted by Gasteiger charge is 2.34. The van der Waals surface area contributed by atoms with Crippen LogP contribution in [0.1, 0.15) is 57.4 Å². The number of carbonyl (C=O) groups excluding carboxylic acids is 4. The van der Waals surface area contributed by atoms with E-state index >= 15 is 0 Å². The molecule has 0 spiro atoms. The van der Waals surface area contributed by atoms with Crippen molar-refractivity contribution in [2.24, 2.45) is 0 Å². The first-order valence-electron chi connectivity index (χ1n) is 8.28. The maximum atomic E-state index is 13.0. The standard InChI is InChI=1S/C20H17FO8/c1-9(22)14-16(20(27)28-8-12-4-6-13(21)7-5-12)15(10(2)23)19(29-11(3)24)18(26)17(14)25/h4-7,25-26H,8H2,1-3H3. The summed E-state index contributed by atoms with van der Waals surface area (Å²) in [5.74, 6) is -7.13. The topological polar surface area (TPSA) is 127 Å². The maximum absolute atomic E-state index is 13.0. The van der Waals surface area contributed by atoms with Crippen LogP contribution in [-0.2, 0) is 16.1 Å². The lowest BCUT2D eigenvalue weighted by Gasteiger charge is -2.18. The Morgan fingerprint density at radius 3 is 1.90 bits per heavy atom. The number of ether oxygens (including phenoxy) is 2. The Morgan fingerprint density at radius 2 is 1.41 bits per heavy atom. The van der Waals surface area contributed by atoms with Crippen molar-refractivity contribution in [3.05, 3.63) is 52.3 Å². The number of hydrogen-bond donors (Lipinski definition) is 2. The van der Waals surface area contributed by atoms with Gasteiger partial charge in [-0.1, -0.05) is 12.1 Å². The van der Waals surface area contributed by atoms with Crippen molar-refractivity contribution >= 4 is 23.5 Å². The zero-order chi connectivity index (χ0) is 21.9. The first-order chi connectivity index (χ1) is 13.5. The molecule has 0 aliphatic carbocycles. The van der Waals surface area contributed by atoms with Crippen molar-refractivity contribution in [1.82, 2.24) is 0 Å². The fourth-order valence-electron chi connectivity index (χ4n) is 2.63. The number of esters is 2. The van der Waals surface area contributed by atoms with Crippen LogP contribution >= 0.6 is 0 Å². The third-order valence-corrected chi connectivity index (χ3v) is 3.84. The van der Waals surface area contributed by atoms with Gasteiger partial charge in [0.1, 0.15) is 12.4 Å². The van der Waals surface area contributed by atoms with Crippen LogP contribution in [0.15, 0.2) is 24.3 Å². The molecule has 0 aliphatic rings. The Bertz CT molecular complexity index is 1010. The third kappa shape index (κ3) is 4.57. The van der Waals surface area contributed by atoms with E-state index in [1.165, 1.54) is 12.1 Å². The Morgan fingerprint density at radius 1 is 0.862 bits per heavy atom. The molecule has 29 heavy (non-hydrogen) atoms. The number of Topliss-reactive ketones (excluding diaryl/α,β-unsaturated/α-hetero) is 2. The van der Waals surface area contributed by atoms with Gasteiger partial charge < -0.3 is 19.7 Å². The summed E-state index contributed by atoms with van der Waals surface area (Å²) in [7, 11) is 0. The largest absolute Gasteiger partial charge is 0.504 e. The molecular formula is C20H17FO8. The first kappa shape index (κ1) is 21.5. The van der Waals surface area contributed by atoms with Crippen molar-refractivity contribution < 1.29 is 43.3 Å². The van der Waals surface area contributed by atoms with Crippen LogP contribution in [0.4, 0.5) is 4.39 Å². The van der Waals surface area contributed by atoms with E-state index in [0.717, 1.165) is 32.9 Å². The van der Waals surface area contributed by atoms with Crippen LogP contribution < -0.4 is 4.74 Å². The molecule has 152 valence electrons. The van der Waals surface area contributed by atoms with Gasteiger partial charge in [-0.25, -0.2) is 9.18 Å². The van der Waals surface area contributed by atoms with E-state index in [1.807, 2.05) is 0 Å². The second kappa shape index (κ2) is 8.51. The quantitative estimate of drug-likeness (QED) is 0.326. The highest BCUT2D eigenvalue weighted by molar-refractivity contribution is 6.16. The van der Waals surface area contributed by atoms with Gasteiger partial charge in [-0.2, -0.15) is 0 Å². The predicted molar refractivity (Wildman–Crippen MR) is 96.6 cm³/mol. The number of benzene rings is 2. The molecule has 0 saturated carbocycles. The molecule has 2 aromatic rings. The van der Waals surface area contributed by atoms with E-state index in [0.29, 0.717) is 5.56 Å². The Kier molecular flexibility index (Phi) is 6.32. The molecular weight excluding hydrogens is 387 g/mol. The molecule has 2 N–H and O–H groups in total. The van der Waals surface area contributed by atoms with Gasteiger partial charge in [0.2, 0.25) is 5.75 Å². The third-order valence-electron chi connectivity index (χ3n) is 3.84. The van der Waals surface area contributed by atoms with Gasteiger partial charge >= 0.3 is 11.9 Å². The second-order valence-corrected chi connectivity index (χ2v) is 6.06. The Hall–Kier alpha value is -3.75. The average molecular weight is 404 g/mol. The summed E-state index contributed by atoms with van der Waals surface area (Å²) in [5, 5.41) is 20.3. The van der Waals surface area contributed by atoms with Gasteiger partial charge in [0.25, 0.3) is 0 Å². The van der Waals surface area contributed by atoms with Gasteiger partial charge in [0, 0.05) is 6.92 Å². The molecule has 0 radical (unpaired) electrons. The van der Waals surface area contributed by atoms with Crippen molar-refractivity contribution in [3.8, 4) is 17.2 Å². The summed E-state index contributed by atoms with van der Waals surface area (Å²) < 4.78 is 22.9. The molecule has 8 nitrogen and oxygen atoms in total. The normalized spacial score (nSPS) is 10.3. The van der Waals surface area contributed by atoms with Crippen LogP contribution in [0.5, 0.6) is 17.2 Å². The van der Waals surface area contributed by atoms with E-state index in [2.05, 4.69) is 0 Å². The lowest BCUT2D eigenvalue weighted by atomic mass is 9.93. The van der Waals surface area contributed by atoms with Crippen LogP contribution in [-0.4, -0.2) is 33.7 Å². The van der Waals surface area contributed by atoms with Crippen molar-refractivity contribution in [1.29, 1.82) is 0 Å². The summed E-state index contributed by atoms with van der Waals surface area (Å²) >= 11 is 0. The first-order valence-corrected chi connectivity index (χ1v) is 8.28. The number of aromatic hydroxyl groups is 2. The molecule has 0 amide bonds. The summed E-state index contributed by atoms with van der Waals surface area (Å²) in [6, 6.07) is 5.02. The number of phenolic OH excluding ortho intramolecular Hbond substituents is 2. The van der Waals surface area contributed by atoms with Gasteiger partial charge in [0.15, 0.2) is 23.1 Å². The zero-order valence-corrected chi connectivity index (χ0v) is 15.7. The van der Waals surface area contributed by atoms with Crippen LogP contribution in [0.2, 0.25) is 0 Å². The number of halogens is 1. The fraction of sp³-hybridized carbons (Fsp3) is 0.200. The van der Waals surface area contributed by atoms with E-state index in [4.69, 9.17) is 9.47 Å². The molecule has 2 rings (SSSR count). The minimum absolute atomic E-state index is 0.335. The highest BCUT2D eigenvalue weighted by Crippen LogP contribution is 2.45. The molecule has 0 unspecified atom stereocenters. The Balaban J connectivity index is 2.62. The lowest BCUT2D eigenvalue weighted by Crippen LogP contribution is -2.18. The molecule has 0 fully saturated rings. The SMILES string of the molecule is CC(=O)Oc1c(O)c(O)c(C(C)=O)c(C(=O)OCc2ccc(F)cc2)c1C(C)=O. The lowest BCUT2D eigenvalue weighted by molar-refractivity contribution is -0.132. The van der Waals surface area contributed by atoms with E-state index in [-0.39, 0.29) is 6.61 Å². The average Bonchev–Trinajstić information content (AvgIpc) is 2.63. The smallest absolute Gasteiger partial charge is 0.340 e. The molecule has 0 atom stereocenters. The van der Waals surface area contributed by atoms with Gasteiger partial charge in [-0.05, 0) is 31.5 Å². The van der Waals surface area contributed by atoms with Gasteiger partial charge in [-0.3, -0.25) is 14.4 Å². The molecule has 0 saturated heterocycles. The number of rotatable bonds is 6. The molecule has 9 heteroatoms. The highest BCUT2D eigenvalue weighted by atomic mass is 19.1. The van der Waals surface area contributed by atoms with Crippen LogP contribution in [0, 0.1) is 5.82 Å². The number of ketones is 2. The summed E-state index contributed by atoms with van der Waals surface area (Å²) in [5.41, 5.74) is -1.49. The fourth-order valence-corrected chi connectivity index (χ4v) is 2.63. The molecule has 0 heterocycles. The molecule has 0 aromatic heterocycles. The maximum Gasteiger partial charge on any atom is 0.340 e. The summed E-state index contributed by atoms with van der Waals surface area (Å²) in [6.45, 7) is 2.66. The number of phenols is 2. The van der Waals surface area contributed by atoms with Gasteiger partial charge in [-0.15, -0.1) is 0 Å². The number of carbonyl (C=O) groups is 4. The van der Waals surface area contributed by atoms with Crippen molar-refractivity contribution in [2.45, 2.75) is 27.4 Å². The van der Waals surface area contributed by atoms with Crippen molar-refractivity contribution in [3.63, 3.8) is 0 Å². The number of hydrogen-bond acceptors (Lipinski definition) is 8. The van der Waals surface area contributed by atoms with E-state index < -0.39 is 63.3 Å². The summed E-state index contributed by atoms with van der Waals surface area (Å²) in [4.78, 5) is 48.3. The Labute approximate surface area is 164 Å². The molecule has 0 aliphatic heterocycles. The van der Waals surface area contributed by atoms with E-state index in [9.17, 15) is 33.8 Å². The second-order valence-electron chi connectivity index (χ2n) is 6.06. The van der Waals surface area contributed by atoms with Crippen molar-refractivity contribution in [2.75, 3.05) is 0 Å². The monoisotopic (exact) mass is 404 g/mol. The van der Waals surface area contributed by atoms with E-state index in [1.54, 1.807) is 0 Å².